The second-order valence-electron chi connectivity index (χ2n) is 5.75. The van der Waals surface area contributed by atoms with E-state index in [9.17, 15) is 27.5 Å². The predicted octanol–water partition coefficient (Wildman–Crippen LogP) is 3.59. The number of hydrogen-bond acceptors (Lipinski definition) is 4. The van der Waals surface area contributed by atoms with E-state index >= 15 is 0 Å². The van der Waals surface area contributed by atoms with Crippen molar-refractivity contribution in [3.05, 3.63) is 86.8 Å². The van der Waals surface area contributed by atoms with E-state index in [1.165, 1.54) is 0 Å². The molecule has 0 aliphatic heterocycles. The Balaban J connectivity index is 1.82. The topological polar surface area (TPSA) is 67.2 Å². The fourth-order valence-corrected chi connectivity index (χ4v) is 2.66. The average molecular weight is 414 g/mol. The fourth-order valence-electron chi connectivity index (χ4n) is 2.47. The van der Waals surface area contributed by atoms with Gasteiger partial charge in [0.2, 0.25) is 0 Å². The quantitative estimate of drug-likeness (QED) is 0.627. The lowest BCUT2D eigenvalue weighted by molar-refractivity contribution is 0.186. The molecule has 1 aromatic heterocycles. The van der Waals surface area contributed by atoms with Crippen molar-refractivity contribution in [3.63, 3.8) is 0 Å². The molecule has 1 unspecified atom stereocenters. The van der Waals surface area contributed by atoms with Crippen molar-refractivity contribution in [2.45, 2.75) is 6.10 Å². The predicted molar refractivity (Wildman–Crippen MR) is 94.6 cm³/mol. The first-order chi connectivity index (χ1) is 13.3. The SMILES string of the molecule is O=c1c(Cl)c(NCC(O)c2ccc(F)cc2F)cnn1-c1ccc(F)cc1F. The molecule has 28 heavy (non-hydrogen) atoms. The number of hydrogen-bond donors (Lipinski definition) is 2. The van der Waals surface area contributed by atoms with Crippen LogP contribution in [-0.2, 0) is 0 Å². The summed E-state index contributed by atoms with van der Waals surface area (Å²) >= 11 is 5.98. The maximum Gasteiger partial charge on any atom is 0.292 e. The van der Waals surface area contributed by atoms with Gasteiger partial charge in [-0.25, -0.2) is 17.6 Å². The van der Waals surface area contributed by atoms with Gasteiger partial charge in [-0.1, -0.05) is 17.7 Å². The molecule has 0 aliphatic carbocycles. The van der Waals surface area contributed by atoms with Gasteiger partial charge in [-0.3, -0.25) is 4.79 Å². The minimum Gasteiger partial charge on any atom is -0.386 e. The minimum absolute atomic E-state index is 0.00649. The van der Waals surface area contributed by atoms with Gasteiger partial charge in [0.15, 0.2) is 5.82 Å². The van der Waals surface area contributed by atoms with E-state index in [1.54, 1.807) is 0 Å². The molecule has 0 amide bonds. The highest BCUT2D eigenvalue weighted by atomic mass is 35.5. The molecule has 1 heterocycles. The monoisotopic (exact) mass is 413 g/mol. The van der Waals surface area contributed by atoms with Gasteiger partial charge in [0, 0.05) is 24.2 Å². The van der Waals surface area contributed by atoms with E-state index in [-0.39, 0.29) is 28.5 Å². The van der Waals surface area contributed by atoms with Crippen molar-refractivity contribution in [3.8, 4) is 5.69 Å². The van der Waals surface area contributed by atoms with Crippen molar-refractivity contribution in [1.82, 2.24) is 9.78 Å². The summed E-state index contributed by atoms with van der Waals surface area (Å²) < 4.78 is 54.2. The van der Waals surface area contributed by atoms with Crippen molar-refractivity contribution < 1.29 is 22.7 Å². The first-order valence-corrected chi connectivity index (χ1v) is 8.26. The second kappa shape index (κ2) is 7.99. The number of aliphatic hydroxyl groups excluding tert-OH is 1. The fraction of sp³-hybridized carbons (Fsp3) is 0.111. The summed E-state index contributed by atoms with van der Waals surface area (Å²) in [5, 5.41) is 16.1. The molecular formula is C18H12ClF4N3O2. The van der Waals surface area contributed by atoms with Crippen molar-refractivity contribution in [2.75, 3.05) is 11.9 Å². The normalized spacial score (nSPS) is 12.1. The van der Waals surface area contributed by atoms with E-state index in [2.05, 4.69) is 10.4 Å². The second-order valence-corrected chi connectivity index (χ2v) is 6.13. The number of anilines is 1. The molecule has 2 aromatic carbocycles. The Hall–Kier alpha value is -2.91. The molecule has 0 bridgehead atoms. The molecule has 0 aliphatic rings. The third-order valence-electron chi connectivity index (χ3n) is 3.86. The molecule has 3 aromatic rings. The van der Waals surface area contributed by atoms with Crippen LogP contribution in [0.1, 0.15) is 11.7 Å². The van der Waals surface area contributed by atoms with E-state index in [4.69, 9.17) is 11.6 Å². The summed E-state index contributed by atoms with van der Waals surface area (Å²) in [7, 11) is 0. The lowest BCUT2D eigenvalue weighted by atomic mass is 10.1. The molecule has 0 radical (unpaired) electrons. The minimum atomic E-state index is -1.37. The molecule has 10 heteroatoms. The van der Waals surface area contributed by atoms with Gasteiger partial charge in [0.1, 0.15) is 28.2 Å². The van der Waals surface area contributed by atoms with Crippen LogP contribution in [-0.4, -0.2) is 21.4 Å². The molecule has 0 fully saturated rings. The largest absolute Gasteiger partial charge is 0.386 e. The van der Waals surface area contributed by atoms with E-state index < -0.39 is 34.9 Å². The van der Waals surface area contributed by atoms with Gasteiger partial charge in [-0.15, -0.1) is 0 Å². The third-order valence-corrected chi connectivity index (χ3v) is 4.23. The van der Waals surface area contributed by atoms with Crippen molar-refractivity contribution in [1.29, 1.82) is 0 Å². The van der Waals surface area contributed by atoms with Crippen LogP contribution < -0.4 is 10.9 Å². The first-order valence-electron chi connectivity index (χ1n) is 7.88. The van der Waals surface area contributed by atoms with E-state index in [0.29, 0.717) is 16.8 Å². The van der Waals surface area contributed by atoms with Crippen LogP contribution in [0.2, 0.25) is 5.02 Å². The highest BCUT2D eigenvalue weighted by Gasteiger charge is 2.17. The molecular weight excluding hydrogens is 402 g/mol. The van der Waals surface area contributed by atoms with Crippen molar-refractivity contribution in [2.24, 2.45) is 0 Å². The van der Waals surface area contributed by atoms with Gasteiger partial charge in [-0.05, 0) is 18.2 Å². The maximum absolute atomic E-state index is 13.9. The first kappa shape index (κ1) is 19.8. The molecule has 146 valence electrons. The highest BCUT2D eigenvalue weighted by Crippen LogP contribution is 2.22. The molecule has 2 N–H and O–H groups in total. The van der Waals surface area contributed by atoms with Crippen LogP contribution in [0.4, 0.5) is 23.2 Å². The zero-order valence-electron chi connectivity index (χ0n) is 14.0. The Bertz CT molecular complexity index is 1090. The van der Waals surface area contributed by atoms with Crippen molar-refractivity contribution >= 4 is 17.3 Å². The average Bonchev–Trinajstić information content (AvgIpc) is 2.63. The number of nitrogens with zero attached hydrogens (tertiary/aromatic N) is 2. The molecule has 0 saturated carbocycles. The summed E-state index contributed by atoms with van der Waals surface area (Å²) in [6, 6.07) is 5.30. The van der Waals surface area contributed by atoms with Crippen LogP contribution in [0.25, 0.3) is 5.69 Å². The van der Waals surface area contributed by atoms with E-state index in [0.717, 1.165) is 30.5 Å². The Labute approximate surface area is 160 Å². The lowest BCUT2D eigenvalue weighted by Crippen LogP contribution is -2.24. The summed E-state index contributed by atoms with van der Waals surface area (Å²) in [4.78, 5) is 12.3. The number of nitrogens with one attached hydrogen (secondary N) is 1. The zero-order chi connectivity index (χ0) is 20.4. The lowest BCUT2D eigenvalue weighted by Gasteiger charge is -2.15. The summed E-state index contributed by atoms with van der Waals surface area (Å²) in [6.45, 7) is -0.266. The number of aliphatic hydroxyl groups is 1. The third kappa shape index (κ3) is 4.00. The highest BCUT2D eigenvalue weighted by molar-refractivity contribution is 6.32. The molecule has 0 saturated heterocycles. The Morgan fingerprint density at radius 3 is 2.36 bits per heavy atom. The molecule has 3 rings (SSSR count). The molecule has 1 atom stereocenters. The van der Waals surface area contributed by atoms with Crippen LogP contribution in [0, 0.1) is 23.3 Å². The van der Waals surface area contributed by atoms with Crippen LogP contribution in [0.5, 0.6) is 0 Å². The molecule has 0 spiro atoms. The van der Waals surface area contributed by atoms with Gasteiger partial charge in [-0.2, -0.15) is 9.78 Å². The number of halogens is 5. The van der Waals surface area contributed by atoms with Crippen LogP contribution in [0.3, 0.4) is 0 Å². The Morgan fingerprint density at radius 1 is 1.07 bits per heavy atom. The van der Waals surface area contributed by atoms with Gasteiger partial charge in [0.25, 0.3) is 5.56 Å². The summed E-state index contributed by atoms with van der Waals surface area (Å²) in [6.07, 6.45) is -0.270. The number of benzene rings is 2. The molecule has 5 nitrogen and oxygen atoms in total. The number of aromatic nitrogens is 2. The van der Waals surface area contributed by atoms with Gasteiger partial charge < -0.3 is 10.4 Å². The summed E-state index contributed by atoms with van der Waals surface area (Å²) in [5.74, 6) is -3.54. The van der Waals surface area contributed by atoms with Crippen LogP contribution >= 0.6 is 11.6 Å². The van der Waals surface area contributed by atoms with Crippen LogP contribution in [0.15, 0.2) is 47.4 Å². The Kier molecular flexibility index (Phi) is 5.66. The Morgan fingerprint density at radius 2 is 1.71 bits per heavy atom. The standard InChI is InChI=1S/C18H12ClF4N3O2/c19-17-14(24-8-16(27)11-3-1-9(20)5-12(11)22)7-25-26(18(17)28)15-4-2-10(21)6-13(15)23/h1-7,16,24,27H,8H2. The summed E-state index contributed by atoms with van der Waals surface area (Å²) in [5.41, 5.74) is -1.33. The van der Waals surface area contributed by atoms with Gasteiger partial charge in [0.05, 0.1) is 18.0 Å². The number of rotatable bonds is 5. The van der Waals surface area contributed by atoms with E-state index in [1.807, 2.05) is 0 Å². The van der Waals surface area contributed by atoms with Gasteiger partial charge >= 0.3 is 0 Å². The maximum atomic E-state index is 13.9. The smallest absolute Gasteiger partial charge is 0.292 e. The zero-order valence-corrected chi connectivity index (χ0v) is 14.7.